The molecule has 7 heteroatoms. The minimum atomic E-state index is -0.503. The van der Waals surface area contributed by atoms with E-state index in [-0.39, 0.29) is 11.6 Å². The van der Waals surface area contributed by atoms with E-state index >= 15 is 0 Å². The second-order valence-corrected chi connectivity index (χ2v) is 4.64. The maximum Gasteiger partial charge on any atom is 0.269 e. The van der Waals surface area contributed by atoms with Crippen molar-refractivity contribution in [2.75, 3.05) is 13.1 Å². The number of thiocarbonyl (C=S) groups is 1. The molecule has 1 fully saturated rings. The third-order valence-corrected chi connectivity index (χ3v) is 3.31. The third-order valence-electron chi connectivity index (χ3n) is 2.95. The fourth-order valence-corrected chi connectivity index (χ4v) is 2.18. The van der Waals surface area contributed by atoms with Crippen LogP contribution in [-0.4, -0.2) is 33.9 Å². The summed E-state index contributed by atoms with van der Waals surface area (Å²) < 4.78 is 0. The van der Waals surface area contributed by atoms with Crippen LogP contribution in [0.3, 0.4) is 0 Å². The van der Waals surface area contributed by atoms with Gasteiger partial charge >= 0.3 is 0 Å². The standard InChI is InChI=1S/C12H13N3O3S/c16-11(13-12(19)14-7-1-2-8-14)9-3-5-10(6-4-9)15(17)18/h3-6H,1-2,7-8H2,(H,13,16,19). The molecule has 1 aromatic rings. The zero-order valence-corrected chi connectivity index (χ0v) is 11.0. The largest absolute Gasteiger partial charge is 0.349 e. The van der Waals surface area contributed by atoms with Crippen molar-refractivity contribution >= 4 is 28.9 Å². The molecule has 0 radical (unpaired) electrons. The van der Waals surface area contributed by atoms with E-state index in [4.69, 9.17) is 12.2 Å². The lowest BCUT2D eigenvalue weighted by molar-refractivity contribution is -0.384. The molecule has 1 heterocycles. The van der Waals surface area contributed by atoms with E-state index < -0.39 is 4.92 Å². The van der Waals surface area contributed by atoms with Crippen molar-refractivity contribution in [3.63, 3.8) is 0 Å². The number of nitro groups is 1. The predicted molar refractivity (Wildman–Crippen MR) is 74.0 cm³/mol. The van der Waals surface area contributed by atoms with Crippen LogP contribution in [0.25, 0.3) is 0 Å². The van der Waals surface area contributed by atoms with Crippen LogP contribution in [0.2, 0.25) is 0 Å². The van der Waals surface area contributed by atoms with Gasteiger partial charge in [-0.1, -0.05) is 0 Å². The fraction of sp³-hybridized carbons (Fsp3) is 0.333. The summed E-state index contributed by atoms with van der Waals surface area (Å²) in [5.41, 5.74) is 0.311. The summed E-state index contributed by atoms with van der Waals surface area (Å²) >= 11 is 5.14. The van der Waals surface area contributed by atoms with Gasteiger partial charge in [-0.2, -0.15) is 0 Å². The Bertz CT molecular complexity index is 509. The molecule has 1 N–H and O–H groups in total. The van der Waals surface area contributed by atoms with Gasteiger partial charge in [-0.05, 0) is 37.2 Å². The molecule has 0 atom stereocenters. The zero-order chi connectivity index (χ0) is 13.8. The number of nitro benzene ring substituents is 1. The van der Waals surface area contributed by atoms with Gasteiger partial charge in [-0.15, -0.1) is 0 Å². The van der Waals surface area contributed by atoms with Gasteiger partial charge in [0.25, 0.3) is 11.6 Å². The number of amides is 1. The Labute approximate surface area is 115 Å². The number of nitrogens with one attached hydrogen (secondary N) is 1. The highest BCUT2D eigenvalue weighted by atomic mass is 32.1. The van der Waals surface area contributed by atoms with Crippen LogP contribution in [0, 0.1) is 10.1 Å². The Morgan fingerprint density at radius 3 is 2.37 bits per heavy atom. The van der Waals surface area contributed by atoms with E-state index in [0.717, 1.165) is 25.9 Å². The van der Waals surface area contributed by atoms with Gasteiger partial charge in [0.1, 0.15) is 0 Å². The van der Waals surface area contributed by atoms with Gasteiger partial charge in [-0.3, -0.25) is 20.2 Å². The highest BCUT2D eigenvalue weighted by Crippen LogP contribution is 2.12. The third kappa shape index (κ3) is 3.25. The molecule has 6 nitrogen and oxygen atoms in total. The number of rotatable bonds is 2. The molecule has 2 rings (SSSR count). The van der Waals surface area contributed by atoms with Gasteiger partial charge in [0.15, 0.2) is 5.11 Å². The first-order valence-electron chi connectivity index (χ1n) is 5.92. The van der Waals surface area contributed by atoms with Gasteiger partial charge < -0.3 is 4.90 Å². The normalized spacial score (nSPS) is 14.2. The van der Waals surface area contributed by atoms with E-state index in [1.807, 2.05) is 4.90 Å². The summed E-state index contributed by atoms with van der Waals surface area (Å²) in [6.07, 6.45) is 2.15. The molecule has 0 aliphatic carbocycles. The molecule has 100 valence electrons. The lowest BCUT2D eigenvalue weighted by Gasteiger charge is -2.18. The van der Waals surface area contributed by atoms with Crippen LogP contribution in [0.15, 0.2) is 24.3 Å². The van der Waals surface area contributed by atoms with Gasteiger partial charge in [0.2, 0.25) is 0 Å². The van der Waals surface area contributed by atoms with Crippen molar-refractivity contribution < 1.29 is 9.72 Å². The molecule has 1 aromatic carbocycles. The van der Waals surface area contributed by atoms with E-state index in [1.54, 1.807) is 0 Å². The second kappa shape index (κ2) is 5.75. The van der Waals surface area contributed by atoms with Crippen LogP contribution >= 0.6 is 12.2 Å². The topological polar surface area (TPSA) is 75.5 Å². The minimum absolute atomic E-state index is 0.0429. The molecule has 1 aliphatic rings. The average molecular weight is 279 g/mol. The number of carbonyl (C=O) groups is 1. The molecular weight excluding hydrogens is 266 g/mol. The van der Waals surface area contributed by atoms with Gasteiger partial charge in [0, 0.05) is 30.8 Å². The van der Waals surface area contributed by atoms with Crippen molar-refractivity contribution in [1.82, 2.24) is 10.2 Å². The molecule has 1 amide bonds. The lowest BCUT2D eigenvalue weighted by atomic mass is 10.2. The molecule has 0 spiro atoms. The maximum absolute atomic E-state index is 11.9. The Morgan fingerprint density at radius 1 is 1.26 bits per heavy atom. The number of hydrogen-bond donors (Lipinski definition) is 1. The van der Waals surface area contributed by atoms with E-state index in [1.165, 1.54) is 24.3 Å². The van der Waals surface area contributed by atoms with Crippen molar-refractivity contribution in [2.45, 2.75) is 12.8 Å². The second-order valence-electron chi connectivity index (χ2n) is 4.26. The van der Waals surface area contributed by atoms with Crippen LogP contribution in [0.1, 0.15) is 23.2 Å². The van der Waals surface area contributed by atoms with Crippen LogP contribution in [-0.2, 0) is 0 Å². The van der Waals surface area contributed by atoms with Crippen molar-refractivity contribution in [2.24, 2.45) is 0 Å². The quantitative estimate of drug-likeness (QED) is 0.506. The Morgan fingerprint density at radius 2 is 1.84 bits per heavy atom. The molecular formula is C12H13N3O3S. The maximum atomic E-state index is 11.9. The van der Waals surface area contributed by atoms with Crippen molar-refractivity contribution in [3.8, 4) is 0 Å². The zero-order valence-electron chi connectivity index (χ0n) is 10.2. The number of carbonyl (C=O) groups excluding carboxylic acids is 1. The van der Waals surface area contributed by atoms with E-state index in [0.29, 0.717) is 10.7 Å². The molecule has 0 bridgehead atoms. The number of nitrogens with zero attached hydrogens (tertiary/aromatic N) is 2. The van der Waals surface area contributed by atoms with Crippen LogP contribution < -0.4 is 5.32 Å². The number of likely N-dealkylation sites (tertiary alicyclic amines) is 1. The molecule has 19 heavy (non-hydrogen) atoms. The molecule has 0 saturated carbocycles. The minimum Gasteiger partial charge on any atom is -0.349 e. The highest BCUT2D eigenvalue weighted by molar-refractivity contribution is 7.80. The monoisotopic (exact) mass is 279 g/mol. The summed E-state index contributed by atoms with van der Waals surface area (Å²) in [6, 6.07) is 5.43. The molecule has 1 aliphatic heterocycles. The fourth-order valence-electron chi connectivity index (χ4n) is 1.90. The first-order valence-corrected chi connectivity index (χ1v) is 6.33. The Hall–Kier alpha value is -2.02. The smallest absolute Gasteiger partial charge is 0.269 e. The van der Waals surface area contributed by atoms with Gasteiger partial charge in [-0.25, -0.2) is 0 Å². The lowest BCUT2D eigenvalue weighted by Crippen LogP contribution is -2.41. The Balaban J connectivity index is 1.99. The van der Waals surface area contributed by atoms with E-state index in [2.05, 4.69) is 5.32 Å². The van der Waals surface area contributed by atoms with Gasteiger partial charge in [0.05, 0.1) is 4.92 Å². The van der Waals surface area contributed by atoms with E-state index in [9.17, 15) is 14.9 Å². The SMILES string of the molecule is O=C(NC(=S)N1CCCC1)c1ccc([N+](=O)[O-])cc1. The molecule has 0 aromatic heterocycles. The van der Waals surface area contributed by atoms with Crippen LogP contribution in [0.5, 0.6) is 0 Å². The molecule has 1 saturated heterocycles. The summed E-state index contributed by atoms with van der Waals surface area (Å²) in [5, 5.41) is 13.6. The molecule has 0 unspecified atom stereocenters. The number of non-ortho nitro benzene ring substituents is 1. The predicted octanol–water partition coefficient (Wildman–Crippen LogP) is 1.71. The first kappa shape index (κ1) is 13.4. The summed E-state index contributed by atoms with van der Waals surface area (Å²) in [6.45, 7) is 1.72. The first-order chi connectivity index (χ1) is 9.08. The number of benzene rings is 1. The summed E-state index contributed by atoms with van der Waals surface area (Å²) in [4.78, 5) is 23.8. The van der Waals surface area contributed by atoms with Crippen molar-refractivity contribution in [1.29, 1.82) is 0 Å². The van der Waals surface area contributed by atoms with Crippen LogP contribution in [0.4, 0.5) is 5.69 Å². The average Bonchev–Trinajstić information content (AvgIpc) is 2.92. The highest BCUT2D eigenvalue weighted by Gasteiger charge is 2.17. The van der Waals surface area contributed by atoms with Crippen molar-refractivity contribution in [3.05, 3.63) is 39.9 Å². The summed E-state index contributed by atoms with van der Waals surface area (Å²) in [5.74, 6) is -0.341. The Kier molecular flexibility index (Phi) is 4.06. The number of hydrogen-bond acceptors (Lipinski definition) is 4. The summed E-state index contributed by atoms with van der Waals surface area (Å²) in [7, 11) is 0.